The molecule has 4 nitrogen and oxygen atoms in total. The SMILES string of the molecule is NC1CCCC2CN(S(=O)(=O)c3ccccc3)CC12. The summed E-state index contributed by atoms with van der Waals surface area (Å²) in [4.78, 5) is 0.391. The monoisotopic (exact) mass is 280 g/mol. The van der Waals surface area contributed by atoms with Gasteiger partial charge in [0, 0.05) is 19.1 Å². The summed E-state index contributed by atoms with van der Waals surface area (Å²) in [6.45, 7) is 1.22. The van der Waals surface area contributed by atoms with Crippen LogP contribution in [-0.4, -0.2) is 31.9 Å². The predicted molar refractivity (Wildman–Crippen MR) is 74.0 cm³/mol. The van der Waals surface area contributed by atoms with Crippen molar-refractivity contribution in [3.05, 3.63) is 30.3 Å². The van der Waals surface area contributed by atoms with Gasteiger partial charge in [-0.25, -0.2) is 8.42 Å². The fourth-order valence-electron chi connectivity index (χ4n) is 3.41. The van der Waals surface area contributed by atoms with Crippen LogP contribution in [0.25, 0.3) is 0 Å². The number of fused-ring (bicyclic) bond motifs is 1. The molecule has 0 radical (unpaired) electrons. The lowest BCUT2D eigenvalue weighted by molar-refractivity contribution is 0.260. The molecular formula is C14H20N2O2S. The molecule has 1 saturated carbocycles. The smallest absolute Gasteiger partial charge is 0.243 e. The summed E-state index contributed by atoms with van der Waals surface area (Å²) >= 11 is 0. The van der Waals surface area contributed by atoms with Gasteiger partial charge in [-0.1, -0.05) is 24.6 Å². The molecule has 1 aliphatic carbocycles. The Morgan fingerprint density at radius 1 is 1.11 bits per heavy atom. The molecule has 3 rings (SSSR count). The van der Waals surface area contributed by atoms with Gasteiger partial charge < -0.3 is 5.73 Å². The van der Waals surface area contributed by atoms with Crippen LogP contribution < -0.4 is 5.73 Å². The Morgan fingerprint density at radius 3 is 2.53 bits per heavy atom. The van der Waals surface area contributed by atoms with E-state index in [4.69, 9.17) is 5.73 Å². The Morgan fingerprint density at radius 2 is 1.84 bits per heavy atom. The molecule has 5 heteroatoms. The van der Waals surface area contributed by atoms with Crippen LogP contribution in [0.15, 0.2) is 35.2 Å². The average molecular weight is 280 g/mol. The number of benzene rings is 1. The Bertz CT molecular complexity index is 544. The highest BCUT2D eigenvalue weighted by molar-refractivity contribution is 7.89. The lowest BCUT2D eigenvalue weighted by atomic mass is 9.78. The zero-order valence-corrected chi connectivity index (χ0v) is 11.7. The van der Waals surface area contributed by atoms with Crippen LogP contribution >= 0.6 is 0 Å². The molecule has 0 bridgehead atoms. The molecule has 0 amide bonds. The first-order chi connectivity index (χ1) is 9.09. The molecule has 19 heavy (non-hydrogen) atoms. The quantitative estimate of drug-likeness (QED) is 0.891. The highest BCUT2D eigenvalue weighted by atomic mass is 32.2. The van der Waals surface area contributed by atoms with Crippen LogP contribution in [0.3, 0.4) is 0 Å². The molecule has 3 atom stereocenters. The van der Waals surface area contributed by atoms with E-state index < -0.39 is 10.0 Å². The summed E-state index contributed by atoms with van der Waals surface area (Å²) in [5.41, 5.74) is 6.14. The molecule has 2 fully saturated rings. The molecule has 1 saturated heterocycles. The number of hydrogen-bond donors (Lipinski definition) is 1. The minimum atomic E-state index is -3.34. The van der Waals surface area contributed by atoms with Gasteiger partial charge in [0.1, 0.15) is 0 Å². The average Bonchev–Trinajstić information content (AvgIpc) is 2.86. The number of nitrogens with zero attached hydrogens (tertiary/aromatic N) is 1. The fraction of sp³-hybridized carbons (Fsp3) is 0.571. The first kappa shape index (κ1) is 13.1. The van der Waals surface area contributed by atoms with E-state index in [0.717, 1.165) is 19.3 Å². The molecule has 3 unspecified atom stereocenters. The summed E-state index contributed by atoms with van der Waals surface area (Å²) in [5, 5.41) is 0. The highest BCUT2D eigenvalue weighted by Crippen LogP contribution is 2.37. The molecule has 1 aromatic carbocycles. The van der Waals surface area contributed by atoms with Gasteiger partial charge in [-0.15, -0.1) is 0 Å². The van der Waals surface area contributed by atoms with E-state index in [1.165, 1.54) is 0 Å². The minimum absolute atomic E-state index is 0.162. The predicted octanol–water partition coefficient (Wildman–Crippen LogP) is 1.43. The van der Waals surface area contributed by atoms with E-state index >= 15 is 0 Å². The standard InChI is InChI=1S/C14H20N2O2S/c15-14-8-4-5-11-9-16(10-13(11)14)19(17,18)12-6-2-1-3-7-12/h1-3,6-7,11,13-14H,4-5,8-10,15H2. The van der Waals surface area contributed by atoms with Gasteiger partial charge in [-0.3, -0.25) is 0 Å². The highest BCUT2D eigenvalue weighted by Gasteiger charge is 2.43. The van der Waals surface area contributed by atoms with Crippen molar-refractivity contribution in [3.63, 3.8) is 0 Å². The Hall–Kier alpha value is -0.910. The molecule has 104 valence electrons. The third kappa shape index (κ3) is 2.30. The number of nitrogens with two attached hydrogens (primary N) is 1. The van der Waals surface area contributed by atoms with Gasteiger partial charge in [-0.05, 0) is 36.8 Å². The Kier molecular flexibility index (Phi) is 3.37. The maximum atomic E-state index is 12.6. The Labute approximate surface area is 114 Å². The zero-order chi connectivity index (χ0) is 13.5. The molecule has 1 heterocycles. The van der Waals surface area contributed by atoms with Crippen LogP contribution in [0.2, 0.25) is 0 Å². The summed E-state index contributed by atoms with van der Waals surface area (Å²) in [6.07, 6.45) is 3.27. The van der Waals surface area contributed by atoms with Crippen LogP contribution in [0.5, 0.6) is 0 Å². The van der Waals surface area contributed by atoms with E-state index in [-0.39, 0.29) is 6.04 Å². The number of rotatable bonds is 2. The number of hydrogen-bond acceptors (Lipinski definition) is 3. The van der Waals surface area contributed by atoms with Crippen LogP contribution in [0.4, 0.5) is 0 Å². The Balaban J connectivity index is 1.84. The van der Waals surface area contributed by atoms with Crippen molar-refractivity contribution in [2.75, 3.05) is 13.1 Å². The van der Waals surface area contributed by atoms with E-state index in [1.807, 2.05) is 6.07 Å². The van der Waals surface area contributed by atoms with Gasteiger partial charge in [0.2, 0.25) is 10.0 Å². The van der Waals surface area contributed by atoms with E-state index in [9.17, 15) is 8.42 Å². The third-order valence-electron chi connectivity index (χ3n) is 4.50. The lowest BCUT2D eigenvalue weighted by Crippen LogP contribution is -2.38. The van der Waals surface area contributed by atoms with Gasteiger partial charge in [0.05, 0.1) is 4.90 Å². The summed E-state index contributed by atoms with van der Waals surface area (Å²) < 4.78 is 26.8. The van der Waals surface area contributed by atoms with Crippen molar-refractivity contribution < 1.29 is 8.42 Å². The topological polar surface area (TPSA) is 63.4 Å². The van der Waals surface area contributed by atoms with Gasteiger partial charge >= 0.3 is 0 Å². The van der Waals surface area contributed by atoms with Crippen molar-refractivity contribution in [1.82, 2.24) is 4.31 Å². The second-order valence-electron chi connectivity index (χ2n) is 5.65. The van der Waals surface area contributed by atoms with Crippen molar-refractivity contribution >= 4 is 10.0 Å². The minimum Gasteiger partial charge on any atom is -0.327 e. The summed E-state index contributed by atoms with van der Waals surface area (Å²) in [6, 6.07) is 8.85. The van der Waals surface area contributed by atoms with Crippen molar-refractivity contribution in [1.29, 1.82) is 0 Å². The molecule has 0 spiro atoms. The maximum absolute atomic E-state index is 12.6. The second kappa shape index (κ2) is 4.89. The normalized spacial score (nSPS) is 32.2. The van der Waals surface area contributed by atoms with E-state index in [1.54, 1.807) is 28.6 Å². The molecule has 1 aliphatic heterocycles. The van der Waals surface area contributed by atoms with Crippen LogP contribution in [-0.2, 0) is 10.0 Å². The largest absolute Gasteiger partial charge is 0.327 e. The lowest BCUT2D eigenvalue weighted by Gasteiger charge is -2.29. The van der Waals surface area contributed by atoms with Crippen molar-refractivity contribution in [2.45, 2.75) is 30.2 Å². The van der Waals surface area contributed by atoms with Crippen LogP contribution in [0, 0.1) is 11.8 Å². The second-order valence-corrected chi connectivity index (χ2v) is 7.59. The van der Waals surface area contributed by atoms with Crippen molar-refractivity contribution in [3.8, 4) is 0 Å². The summed E-state index contributed by atoms with van der Waals surface area (Å²) in [7, 11) is -3.34. The summed E-state index contributed by atoms with van der Waals surface area (Å²) in [5.74, 6) is 0.787. The zero-order valence-electron chi connectivity index (χ0n) is 10.9. The first-order valence-corrected chi connectivity index (χ1v) is 8.34. The van der Waals surface area contributed by atoms with Crippen molar-refractivity contribution in [2.24, 2.45) is 17.6 Å². The third-order valence-corrected chi connectivity index (χ3v) is 6.35. The van der Waals surface area contributed by atoms with E-state index in [0.29, 0.717) is 29.8 Å². The molecular weight excluding hydrogens is 260 g/mol. The molecule has 2 N–H and O–H groups in total. The van der Waals surface area contributed by atoms with E-state index in [2.05, 4.69) is 0 Å². The number of sulfonamides is 1. The maximum Gasteiger partial charge on any atom is 0.243 e. The fourth-order valence-corrected chi connectivity index (χ4v) is 4.97. The van der Waals surface area contributed by atoms with Gasteiger partial charge in [-0.2, -0.15) is 4.31 Å². The first-order valence-electron chi connectivity index (χ1n) is 6.90. The molecule has 2 aliphatic rings. The van der Waals surface area contributed by atoms with Crippen LogP contribution in [0.1, 0.15) is 19.3 Å². The van der Waals surface area contributed by atoms with Gasteiger partial charge in [0.25, 0.3) is 0 Å². The molecule has 0 aromatic heterocycles. The van der Waals surface area contributed by atoms with Gasteiger partial charge in [0.15, 0.2) is 0 Å². The molecule has 1 aromatic rings.